The average molecular weight is 264 g/mol. The molecule has 0 heterocycles. The number of amides is 1. The summed E-state index contributed by atoms with van der Waals surface area (Å²) in [7, 11) is 1.83. The second-order valence-corrected chi connectivity index (χ2v) is 5.24. The van der Waals surface area contributed by atoms with E-state index in [0.29, 0.717) is 5.92 Å². The number of carbonyl (C=O) groups is 1. The number of nitrogens with one attached hydrogen (secondary N) is 1. The zero-order valence-electron chi connectivity index (χ0n) is 12.2. The van der Waals surface area contributed by atoms with Crippen molar-refractivity contribution in [1.29, 1.82) is 0 Å². The maximum atomic E-state index is 12.0. The van der Waals surface area contributed by atoms with Gasteiger partial charge >= 0.3 is 0 Å². The van der Waals surface area contributed by atoms with Gasteiger partial charge in [0, 0.05) is 11.7 Å². The number of benzene rings is 1. The molecule has 0 aliphatic rings. The van der Waals surface area contributed by atoms with E-state index in [-0.39, 0.29) is 25.1 Å². The Morgan fingerprint density at radius 1 is 1.32 bits per heavy atom. The number of hydrogen-bond acceptors (Lipinski definition) is 3. The minimum absolute atomic E-state index is 0.0221. The van der Waals surface area contributed by atoms with Crippen molar-refractivity contribution in [3.8, 4) is 0 Å². The first-order chi connectivity index (χ1) is 8.95. The number of para-hydroxylation sites is 1. The summed E-state index contributed by atoms with van der Waals surface area (Å²) in [5, 5.41) is 12.0. The summed E-state index contributed by atoms with van der Waals surface area (Å²) < 4.78 is 0. The van der Waals surface area contributed by atoms with Crippen LogP contribution < -0.4 is 5.32 Å². The van der Waals surface area contributed by atoms with Gasteiger partial charge in [-0.15, -0.1) is 0 Å². The molecular weight excluding hydrogens is 240 g/mol. The van der Waals surface area contributed by atoms with Crippen LogP contribution in [-0.4, -0.2) is 42.2 Å². The van der Waals surface area contributed by atoms with Crippen LogP contribution in [0.1, 0.15) is 32.3 Å². The summed E-state index contributed by atoms with van der Waals surface area (Å²) in [6.45, 7) is 6.41. The molecule has 0 aliphatic heterocycles. The number of carbonyl (C=O) groups excluding carboxylic acids is 1. The summed E-state index contributed by atoms with van der Waals surface area (Å²) in [4.78, 5) is 13.8. The maximum Gasteiger partial charge on any atom is 0.238 e. The maximum absolute atomic E-state index is 12.0. The van der Waals surface area contributed by atoms with Crippen molar-refractivity contribution in [1.82, 2.24) is 4.90 Å². The van der Waals surface area contributed by atoms with Crippen LogP contribution >= 0.6 is 0 Å². The molecule has 2 N–H and O–H groups in total. The third-order valence-electron chi connectivity index (χ3n) is 3.27. The van der Waals surface area contributed by atoms with Crippen molar-refractivity contribution < 1.29 is 9.90 Å². The minimum atomic E-state index is -0.0594. The highest BCUT2D eigenvalue weighted by atomic mass is 16.3. The van der Waals surface area contributed by atoms with Gasteiger partial charge in [-0.05, 0) is 31.5 Å². The van der Waals surface area contributed by atoms with Crippen LogP contribution in [0.25, 0.3) is 0 Å². The molecule has 0 aromatic heterocycles. The van der Waals surface area contributed by atoms with Gasteiger partial charge in [0.1, 0.15) is 0 Å². The molecule has 0 spiro atoms. The van der Waals surface area contributed by atoms with Crippen molar-refractivity contribution in [2.75, 3.05) is 25.5 Å². The van der Waals surface area contributed by atoms with Crippen LogP contribution in [0.3, 0.4) is 0 Å². The summed E-state index contributed by atoms with van der Waals surface area (Å²) >= 11 is 0. The minimum Gasteiger partial charge on any atom is -0.395 e. The molecule has 19 heavy (non-hydrogen) atoms. The predicted molar refractivity (Wildman–Crippen MR) is 78.3 cm³/mol. The van der Waals surface area contributed by atoms with E-state index in [1.165, 1.54) is 0 Å². The molecule has 0 aliphatic carbocycles. The highest BCUT2D eigenvalue weighted by Gasteiger charge is 2.14. The highest BCUT2D eigenvalue weighted by Crippen LogP contribution is 2.23. The lowest BCUT2D eigenvalue weighted by atomic mass is 10.0. The van der Waals surface area contributed by atoms with E-state index >= 15 is 0 Å². The molecule has 1 aromatic carbocycles. The first-order valence-corrected chi connectivity index (χ1v) is 6.65. The number of hydrogen-bond donors (Lipinski definition) is 2. The Morgan fingerprint density at radius 3 is 2.53 bits per heavy atom. The predicted octanol–water partition coefficient (Wildman–Crippen LogP) is 2.06. The SMILES string of the molecule is CC(C)c1ccccc1NC(=O)CN(C)C(C)CO. The van der Waals surface area contributed by atoms with E-state index in [2.05, 4.69) is 19.2 Å². The van der Waals surface area contributed by atoms with Crippen LogP contribution in [-0.2, 0) is 4.79 Å². The Morgan fingerprint density at radius 2 is 1.95 bits per heavy atom. The van der Waals surface area contributed by atoms with E-state index in [9.17, 15) is 4.79 Å². The van der Waals surface area contributed by atoms with Crippen molar-refractivity contribution in [2.45, 2.75) is 32.7 Å². The van der Waals surface area contributed by atoms with Gasteiger partial charge in [-0.25, -0.2) is 0 Å². The van der Waals surface area contributed by atoms with E-state index in [0.717, 1.165) is 11.3 Å². The number of rotatable bonds is 6. The highest BCUT2D eigenvalue weighted by molar-refractivity contribution is 5.93. The van der Waals surface area contributed by atoms with Crippen LogP contribution in [0.4, 0.5) is 5.69 Å². The average Bonchev–Trinajstić information content (AvgIpc) is 2.37. The van der Waals surface area contributed by atoms with Crippen molar-refractivity contribution in [3.05, 3.63) is 29.8 Å². The molecule has 4 nitrogen and oxygen atoms in total. The number of nitrogens with zero attached hydrogens (tertiary/aromatic N) is 1. The third-order valence-corrected chi connectivity index (χ3v) is 3.27. The lowest BCUT2D eigenvalue weighted by Crippen LogP contribution is -2.38. The molecule has 1 atom stereocenters. The lowest BCUT2D eigenvalue weighted by molar-refractivity contribution is -0.117. The summed E-state index contributed by atoms with van der Waals surface area (Å²) in [5.74, 6) is 0.307. The van der Waals surface area contributed by atoms with Crippen molar-refractivity contribution in [2.24, 2.45) is 0 Å². The Labute approximate surface area is 115 Å². The summed E-state index contributed by atoms with van der Waals surface area (Å²) in [6, 6.07) is 7.82. The summed E-state index contributed by atoms with van der Waals surface area (Å²) in [5.41, 5.74) is 2.00. The monoisotopic (exact) mass is 264 g/mol. The van der Waals surface area contributed by atoms with Gasteiger partial charge in [-0.3, -0.25) is 9.69 Å². The first-order valence-electron chi connectivity index (χ1n) is 6.65. The fourth-order valence-corrected chi connectivity index (χ4v) is 1.83. The summed E-state index contributed by atoms with van der Waals surface area (Å²) in [6.07, 6.45) is 0. The van der Waals surface area contributed by atoms with Gasteiger partial charge in [0.05, 0.1) is 13.2 Å². The van der Waals surface area contributed by atoms with Crippen LogP contribution in [0.15, 0.2) is 24.3 Å². The van der Waals surface area contributed by atoms with E-state index in [1.54, 1.807) is 0 Å². The number of aliphatic hydroxyl groups excluding tert-OH is 1. The van der Waals surface area contributed by atoms with Gasteiger partial charge in [-0.2, -0.15) is 0 Å². The zero-order chi connectivity index (χ0) is 14.4. The Bertz CT molecular complexity index is 418. The third kappa shape index (κ3) is 4.65. The number of anilines is 1. The standard InChI is InChI=1S/C15H24N2O2/c1-11(2)13-7-5-6-8-14(13)16-15(19)9-17(4)12(3)10-18/h5-8,11-12,18H,9-10H2,1-4H3,(H,16,19). The fourth-order valence-electron chi connectivity index (χ4n) is 1.83. The van der Waals surface area contributed by atoms with Crippen molar-refractivity contribution >= 4 is 11.6 Å². The van der Waals surface area contributed by atoms with E-state index in [4.69, 9.17) is 5.11 Å². The van der Waals surface area contributed by atoms with Crippen LogP contribution in [0.2, 0.25) is 0 Å². The van der Waals surface area contributed by atoms with Gasteiger partial charge in [-0.1, -0.05) is 32.0 Å². The molecule has 0 saturated heterocycles. The van der Waals surface area contributed by atoms with Gasteiger partial charge < -0.3 is 10.4 Å². The molecule has 0 saturated carbocycles. The normalized spacial score (nSPS) is 12.8. The van der Waals surface area contributed by atoms with E-state index < -0.39 is 0 Å². The number of aliphatic hydroxyl groups is 1. The Kier molecular flexibility index (Phi) is 5.99. The molecule has 0 bridgehead atoms. The molecule has 1 rings (SSSR count). The van der Waals surface area contributed by atoms with E-state index in [1.807, 2.05) is 43.1 Å². The first kappa shape index (κ1) is 15.7. The second-order valence-electron chi connectivity index (χ2n) is 5.24. The quantitative estimate of drug-likeness (QED) is 0.827. The molecule has 1 amide bonds. The molecule has 0 radical (unpaired) electrons. The molecule has 4 heteroatoms. The van der Waals surface area contributed by atoms with Gasteiger partial charge in [0.15, 0.2) is 0 Å². The zero-order valence-corrected chi connectivity index (χ0v) is 12.2. The smallest absolute Gasteiger partial charge is 0.238 e. The Balaban J connectivity index is 2.67. The number of likely N-dealkylation sites (N-methyl/N-ethyl adjacent to an activating group) is 1. The van der Waals surface area contributed by atoms with Crippen LogP contribution in [0, 0.1) is 0 Å². The van der Waals surface area contributed by atoms with Gasteiger partial charge in [0.2, 0.25) is 5.91 Å². The molecule has 1 unspecified atom stereocenters. The topological polar surface area (TPSA) is 52.6 Å². The fraction of sp³-hybridized carbons (Fsp3) is 0.533. The molecule has 1 aromatic rings. The van der Waals surface area contributed by atoms with Crippen LogP contribution in [0.5, 0.6) is 0 Å². The van der Waals surface area contributed by atoms with Crippen molar-refractivity contribution in [3.63, 3.8) is 0 Å². The second kappa shape index (κ2) is 7.26. The lowest BCUT2D eigenvalue weighted by Gasteiger charge is -2.22. The molecule has 0 fully saturated rings. The molecule has 106 valence electrons. The molecular formula is C15H24N2O2. The largest absolute Gasteiger partial charge is 0.395 e. The Hall–Kier alpha value is -1.39. The van der Waals surface area contributed by atoms with Gasteiger partial charge in [0.25, 0.3) is 0 Å².